The van der Waals surface area contributed by atoms with E-state index >= 15 is 0 Å². The van der Waals surface area contributed by atoms with Crippen molar-refractivity contribution in [2.24, 2.45) is 5.41 Å². The number of amides is 1. The molecule has 1 atom stereocenters. The van der Waals surface area contributed by atoms with E-state index in [1.54, 1.807) is 18.2 Å². The lowest BCUT2D eigenvalue weighted by atomic mass is 9.90. The van der Waals surface area contributed by atoms with Crippen molar-refractivity contribution in [3.63, 3.8) is 0 Å². The zero-order chi connectivity index (χ0) is 14.9. The van der Waals surface area contributed by atoms with Gasteiger partial charge in [0.25, 0.3) is 0 Å². The highest BCUT2D eigenvalue weighted by molar-refractivity contribution is 5.82. The lowest BCUT2D eigenvalue weighted by molar-refractivity contribution is -0.194. The Balaban J connectivity index is 1.63. The summed E-state index contributed by atoms with van der Waals surface area (Å²) >= 11 is 0. The van der Waals surface area contributed by atoms with Crippen LogP contribution in [0.25, 0.3) is 0 Å². The van der Waals surface area contributed by atoms with Crippen molar-refractivity contribution >= 4 is 5.91 Å². The molecule has 2 fully saturated rings. The summed E-state index contributed by atoms with van der Waals surface area (Å²) in [6, 6.07) is 7.44. The molecule has 1 aromatic rings. The Labute approximate surface area is 121 Å². The van der Waals surface area contributed by atoms with Crippen LogP contribution in [-0.2, 0) is 4.79 Å². The van der Waals surface area contributed by atoms with Crippen molar-refractivity contribution in [3.8, 4) is 5.75 Å². The second kappa shape index (κ2) is 5.26. The molecule has 114 valence electrons. The van der Waals surface area contributed by atoms with Crippen LogP contribution in [0.15, 0.2) is 30.3 Å². The van der Waals surface area contributed by atoms with Crippen LogP contribution in [0.2, 0.25) is 0 Å². The van der Waals surface area contributed by atoms with Crippen LogP contribution in [0.4, 0.5) is 8.78 Å². The number of hydrogen-bond donors (Lipinski definition) is 2. The molecule has 1 amide bonds. The third-order valence-corrected chi connectivity index (χ3v) is 4.28. The Kier molecular flexibility index (Phi) is 3.57. The van der Waals surface area contributed by atoms with Crippen molar-refractivity contribution in [1.82, 2.24) is 10.6 Å². The molecule has 2 aliphatic rings. The highest BCUT2D eigenvalue weighted by atomic mass is 19.3. The number of halogens is 2. The molecule has 1 heterocycles. The third kappa shape index (κ3) is 3.00. The van der Waals surface area contributed by atoms with Crippen LogP contribution in [0.1, 0.15) is 19.3 Å². The summed E-state index contributed by atoms with van der Waals surface area (Å²) in [7, 11) is 0. The second-order valence-electron chi connectivity index (χ2n) is 5.79. The molecule has 2 N–H and O–H groups in total. The van der Waals surface area contributed by atoms with Crippen molar-refractivity contribution < 1.29 is 18.3 Å². The minimum Gasteiger partial charge on any atom is -0.425 e. The van der Waals surface area contributed by atoms with Gasteiger partial charge in [-0.2, -0.15) is 8.78 Å². The number of carbonyl (C=O) groups is 1. The first kappa shape index (κ1) is 14.3. The molecular weight excluding hydrogens is 278 g/mol. The fourth-order valence-corrected chi connectivity index (χ4v) is 2.85. The van der Waals surface area contributed by atoms with Crippen molar-refractivity contribution in [2.75, 3.05) is 13.1 Å². The largest absolute Gasteiger partial charge is 0.482 e. The highest BCUT2D eigenvalue weighted by Crippen LogP contribution is 2.50. The fourth-order valence-electron chi connectivity index (χ4n) is 2.85. The molecule has 3 rings (SSSR count). The number of rotatable bonds is 4. The van der Waals surface area contributed by atoms with Gasteiger partial charge in [-0.25, -0.2) is 0 Å². The SMILES string of the molecule is O=C(NC1CCNCC12CC2)C(F)(F)Oc1ccccc1. The Bertz CT molecular complexity index is 518. The van der Waals surface area contributed by atoms with E-state index in [0.29, 0.717) is 6.42 Å². The first-order valence-corrected chi connectivity index (χ1v) is 7.15. The van der Waals surface area contributed by atoms with Gasteiger partial charge in [0, 0.05) is 18.0 Å². The van der Waals surface area contributed by atoms with E-state index in [2.05, 4.69) is 15.4 Å². The Morgan fingerprint density at radius 2 is 2.05 bits per heavy atom. The van der Waals surface area contributed by atoms with Gasteiger partial charge in [0.05, 0.1) is 0 Å². The van der Waals surface area contributed by atoms with Gasteiger partial charge in [-0.05, 0) is 37.9 Å². The molecule has 1 aromatic carbocycles. The normalized spacial score (nSPS) is 23.6. The maximum atomic E-state index is 13.9. The molecule has 0 radical (unpaired) electrons. The molecule has 0 bridgehead atoms. The monoisotopic (exact) mass is 296 g/mol. The van der Waals surface area contributed by atoms with Crippen LogP contribution in [0.5, 0.6) is 5.75 Å². The van der Waals surface area contributed by atoms with E-state index in [9.17, 15) is 13.6 Å². The molecule has 1 aliphatic heterocycles. The summed E-state index contributed by atoms with van der Waals surface area (Å²) in [5, 5.41) is 5.73. The van der Waals surface area contributed by atoms with Gasteiger partial charge < -0.3 is 15.4 Å². The quantitative estimate of drug-likeness (QED) is 0.892. The standard InChI is InChI=1S/C15H18F2N2O2/c16-15(17,21-11-4-2-1-3-5-11)13(20)19-12-6-9-18-10-14(12)7-8-14/h1-5,12,18H,6-10H2,(H,19,20). The Morgan fingerprint density at radius 1 is 1.33 bits per heavy atom. The lowest BCUT2D eigenvalue weighted by Crippen LogP contribution is -2.55. The molecule has 1 unspecified atom stereocenters. The summed E-state index contributed by atoms with van der Waals surface area (Å²) in [4.78, 5) is 11.8. The van der Waals surface area contributed by atoms with Gasteiger partial charge in [0.2, 0.25) is 0 Å². The fraction of sp³-hybridized carbons (Fsp3) is 0.533. The van der Waals surface area contributed by atoms with Crippen molar-refractivity contribution in [3.05, 3.63) is 30.3 Å². The first-order valence-electron chi connectivity index (χ1n) is 7.15. The molecule has 21 heavy (non-hydrogen) atoms. The number of piperidine rings is 1. The van der Waals surface area contributed by atoms with E-state index in [-0.39, 0.29) is 17.2 Å². The van der Waals surface area contributed by atoms with E-state index < -0.39 is 12.0 Å². The number of para-hydroxylation sites is 1. The van der Waals surface area contributed by atoms with E-state index in [1.807, 2.05) is 0 Å². The van der Waals surface area contributed by atoms with Gasteiger partial charge in [-0.15, -0.1) is 0 Å². The maximum Gasteiger partial charge on any atom is 0.482 e. The number of benzene rings is 1. The maximum absolute atomic E-state index is 13.9. The van der Waals surface area contributed by atoms with Crippen molar-refractivity contribution in [1.29, 1.82) is 0 Å². The predicted octanol–water partition coefficient (Wildman–Crippen LogP) is 1.92. The van der Waals surface area contributed by atoms with E-state index in [4.69, 9.17) is 0 Å². The summed E-state index contributed by atoms with van der Waals surface area (Å²) in [5.74, 6) is -1.38. The molecular formula is C15H18F2N2O2. The molecule has 6 heteroatoms. The van der Waals surface area contributed by atoms with E-state index in [1.165, 1.54) is 12.1 Å². The van der Waals surface area contributed by atoms with Crippen LogP contribution >= 0.6 is 0 Å². The van der Waals surface area contributed by atoms with Crippen LogP contribution in [-0.4, -0.2) is 31.1 Å². The number of alkyl halides is 2. The smallest absolute Gasteiger partial charge is 0.425 e. The number of carbonyl (C=O) groups excluding carboxylic acids is 1. The molecule has 0 aromatic heterocycles. The third-order valence-electron chi connectivity index (χ3n) is 4.28. The molecule has 4 nitrogen and oxygen atoms in total. The van der Waals surface area contributed by atoms with Crippen molar-refractivity contribution in [2.45, 2.75) is 31.4 Å². The van der Waals surface area contributed by atoms with E-state index in [0.717, 1.165) is 25.9 Å². The van der Waals surface area contributed by atoms with Crippen LogP contribution in [0.3, 0.4) is 0 Å². The minimum absolute atomic E-state index is 0.0240. The first-order chi connectivity index (χ1) is 10.0. The van der Waals surface area contributed by atoms with Crippen LogP contribution in [0, 0.1) is 5.41 Å². The Hall–Kier alpha value is -1.69. The summed E-state index contributed by atoms with van der Waals surface area (Å²) in [6.45, 7) is 1.51. The van der Waals surface area contributed by atoms with Gasteiger partial charge >= 0.3 is 12.0 Å². The van der Waals surface area contributed by atoms with Gasteiger partial charge in [-0.1, -0.05) is 18.2 Å². The number of nitrogens with one attached hydrogen (secondary N) is 2. The average Bonchev–Trinajstić information content (AvgIpc) is 3.22. The van der Waals surface area contributed by atoms with Gasteiger partial charge in [0.15, 0.2) is 0 Å². The summed E-state index contributed by atoms with van der Waals surface area (Å²) < 4.78 is 32.3. The van der Waals surface area contributed by atoms with Gasteiger partial charge in [-0.3, -0.25) is 4.79 Å². The summed E-state index contributed by atoms with van der Waals surface area (Å²) in [5.41, 5.74) is -0.0310. The lowest BCUT2D eigenvalue weighted by Gasteiger charge is -2.33. The number of ether oxygens (including phenoxy) is 1. The predicted molar refractivity (Wildman–Crippen MR) is 73.1 cm³/mol. The topological polar surface area (TPSA) is 50.4 Å². The average molecular weight is 296 g/mol. The highest BCUT2D eigenvalue weighted by Gasteiger charge is 2.53. The number of hydrogen-bond acceptors (Lipinski definition) is 3. The molecule has 1 aliphatic carbocycles. The summed E-state index contributed by atoms with van der Waals surface area (Å²) in [6.07, 6.45) is -1.25. The molecule has 1 saturated heterocycles. The zero-order valence-corrected chi connectivity index (χ0v) is 11.6. The minimum atomic E-state index is -3.86. The van der Waals surface area contributed by atoms with Gasteiger partial charge in [0.1, 0.15) is 5.75 Å². The second-order valence-corrected chi connectivity index (χ2v) is 5.79. The molecule has 1 saturated carbocycles. The zero-order valence-electron chi connectivity index (χ0n) is 11.6. The van der Waals surface area contributed by atoms with Crippen LogP contribution < -0.4 is 15.4 Å². The molecule has 1 spiro atoms. The Morgan fingerprint density at radius 3 is 2.71 bits per heavy atom.